The van der Waals surface area contributed by atoms with Gasteiger partial charge in [-0.15, -0.1) is 0 Å². The highest BCUT2D eigenvalue weighted by Crippen LogP contribution is 2.24. The maximum atomic E-state index is 6.01. The van der Waals surface area contributed by atoms with E-state index in [1.165, 1.54) is 11.3 Å². The molecule has 1 aromatic carbocycles. The van der Waals surface area contributed by atoms with Crippen LogP contribution >= 0.6 is 0 Å². The SMILES string of the molecule is CN(CCCC(C)(C)N)c1ccc(C(C)(C)C)cc1. The summed E-state index contributed by atoms with van der Waals surface area (Å²) >= 11 is 0. The van der Waals surface area contributed by atoms with Gasteiger partial charge in [0.1, 0.15) is 0 Å². The van der Waals surface area contributed by atoms with Gasteiger partial charge in [0, 0.05) is 24.8 Å². The molecule has 0 fully saturated rings. The Morgan fingerprint density at radius 1 is 1.00 bits per heavy atom. The number of anilines is 1. The van der Waals surface area contributed by atoms with E-state index in [1.807, 2.05) is 0 Å². The Labute approximate surface area is 119 Å². The summed E-state index contributed by atoms with van der Waals surface area (Å²) in [6.07, 6.45) is 2.18. The molecule has 0 spiro atoms. The van der Waals surface area contributed by atoms with Gasteiger partial charge in [0.05, 0.1) is 0 Å². The van der Waals surface area contributed by atoms with Crippen LogP contribution in [-0.4, -0.2) is 19.1 Å². The summed E-state index contributed by atoms with van der Waals surface area (Å²) in [6.45, 7) is 12.0. The summed E-state index contributed by atoms with van der Waals surface area (Å²) in [5.74, 6) is 0. The average Bonchev–Trinajstić information content (AvgIpc) is 2.26. The van der Waals surface area contributed by atoms with Gasteiger partial charge in [-0.2, -0.15) is 0 Å². The molecule has 0 aromatic heterocycles. The Bertz CT molecular complexity index is 379. The van der Waals surface area contributed by atoms with Gasteiger partial charge in [-0.1, -0.05) is 32.9 Å². The van der Waals surface area contributed by atoms with Gasteiger partial charge in [-0.05, 0) is 49.8 Å². The second-order valence-corrected chi connectivity index (χ2v) is 7.31. The number of rotatable bonds is 5. The predicted octanol–water partition coefficient (Wildman–Crippen LogP) is 3.94. The van der Waals surface area contributed by atoms with Gasteiger partial charge < -0.3 is 10.6 Å². The van der Waals surface area contributed by atoms with E-state index in [1.54, 1.807) is 0 Å². The highest BCUT2D eigenvalue weighted by Gasteiger charge is 2.14. The van der Waals surface area contributed by atoms with Gasteiger partial charge in [0.25, 0.3) is 0 Å². The molecule has 0 aliphatic rings. The van der Waals surface area contributed by atoms with Crippen molar-refractivity contribution in [1.82, 2.24) is 0 Å². The smallest absolute Gasteiger partial charge is 0.0363 e. The zero-order valence-corrected chi connectivity index (χ0v) is 13.5. The van der Waals surface area contributed by atoms with Gasteiger partial charge in [-0.3, -0.25) is 0 Å². The molecule has 0 saturated carbocycles. The lowest BCUT2D eigenvalue weighted by Gasteiger charge is -2.24. The first-order chi connectivity index (χ1) is 8.59. The standard InChI is InChI=1S/C17H30N2/c1-16(2,3)14-8-10-15(11-9-14)19(6)13-7-12-17(4,5)18/h8-11H,7,12-13,18H2,1-6H3. The number of hydrogen-bond donors (Lipinski definition) is 1. The van der Waals surface area contributed by atoms with Crippen LogP contribution in [0.25, 0.3) is 0 Å². The van der Waals surface area contributed by atoms with Gasteiger partial charge in [-0.25, -0.2) is 0 Å². The molecule has 0 saturated heterocycles. The molecule has 19 heavy (non-hydrogen) atoms. The number of nitrogens with zero attached hydrogens (tertiary/aromatic N) is 1. The van der Waals surface area contributed by atoms with Crippen molar-refractivity contribution in [3.05, 3.63) is 29.8 Å². The Hall–Kier alpha value is -1.02. The third kappa shape index (κ3) is 5.65. The van der Waals surface area contributed by atoms with Crippen molar-refractivity contribution >= 4 is 5.69 Å². The number of nitrogens with two attached hydrogens (primary N) is 1. The third-order valence-electron chi connectivity index (χ3n) is 3.49. The van der Waals surface area contributed by atoms with Gasteiger partial charge in [0.15, 0.2) is 0 Å². The molecule has 0 atom stereocenters. The fraction of sp³-hybridized carbons (Fsp3) is 0.647. The van der Waals surface area contributed by atoms with Crippen molar-refractivity contribution < 1.29 is 0 Å². The second kappa shape index (κ2) is 5.96. The molecule has 0 heterocycles. The molecule has 1 rings (SSSR count). The molecule has 0 unspecified atom stereocenters. The van der Waals surface area contributed by atoms with Crippen LogP contribution in [-0.2, 0) is 5.41 Å². The Kier molecular flexibility index (Phi) is 5.03. The fourth-order valence-corrected chi connectivity index (χ4v) is 2.12. The Morgan fingerprint density at radius 2 is 1.53 bits per heavy atom. The molecular formula is C17H30N2. The van der Waals surface area contributed by atoms with E-state index in [0.717, 1.165) is 19.4 Å². The third-order valence-corrected chi connectivity index (χ3v) is 3.49. The lowest BCUT2D eigenvalue weighted by atomic mass is 9.87. The minimum Gasteiger partial charge on any atom is -0.375 e. The van der Waals surface area contributed by atoms with E-state index in [-0.39, 0.29) is 11.0 Å². The zero-order chi connectivity index (χ0) is 14.7. The lowest BCUT2D eigenvalue weighted by Crippen LogP contribution is -2.33. The van der Waals surface area contributed by atoms with E-state index in [4.69, 9.17) is 5.73 Å². The van der Waals surface area contributed by atoms with Crippen LogP contribution in [0.4, 0.5) is 5.69 Å². The molecule has 0 aliphatic heterocycles. The first kappa shape index (κ1) is 16.0. The van der Waals surface area contributed by atoms with Crippen LogP contribution < -0.4 is 10.6 Å². The minimum atomic E-state index is -0.0586. The Balaban J connectivity index is 2.56. The zero-order valence-electron chi connectivity index (χ0n) is 13.5. The molecule has 2 heteroatoms. The lowest BCUT2D eigenvalue weighted by molar-refractivity contribution is 0.460. The highest BCUT2D eigenvalue weighted by molar-refractivity contribution is 5.47. The van der Waals surface area contributed by atoms with E-state index in [0.29, 0.717) is 0 Å². The maximum Gasteiger partial charge on any atom is 0.0363 e. The second-order valence-electron chi connectivity index (χ2n) is 7.31. The summed E-state index contributed by atoms with van der Waals surface area (Å²) in [7, 11) is 2.15. The molecule has 0 amide bonds. The summed E-state index contributed by atoms with van der Waals surface area (Å²) in [4.78, 5) is 2.30. The number of benzene rings is 1. The van der Waals surface area contributed by atoms with Crippen LogP contribution in [0.3, 0.4) is 0 Å². The molecule has 0 bridgehead atoms. The van der Waals surface area contributed by atoms with Crippen molar-refractivity contribution in [1.29, 1.82) is 0 Å². The summed E-state index contributed by atoms with van der Waals surface area (Å²) < 4.78 is 0. The highest BCUT2D eigenvalue weighted by atomic mass is 15.1. The summed E-state index contributed by atoms with van der Waals surface area (Å²) in [5, 5.41) is 0. The van der Waals surface area contributed by atoms with Gasteiger partial charge in [0.2, 0.25) is 0 Å². The molecule has 2 nitrogen and oxygen atoms in total. The van der Waals surface area contributed by atoms with Crippen LogP contribution in [0.5, 0.6) is 0 Å². The molecule has 0 radical (unpaired) electrons. The van der Waals surface area contributed by atoms with Crippen molar-refractivity contribution in [3.63, 3.8) is 0 Å². The van der Waals surface area contributed by atoms with Crippen LogP contribution in [0.15, 0.2) is 24.3 Å². The predicted molar refractivity (Wildman–Crippen MR) is 85.9 cm³/mol. The fourth-order valence-electron chi connectivity index (χ4n) is 2.12. The summed E-state index contributed by atoms with van der Waals surface area (Å²) in [5.41, 5.74) is 8.84. The maximum absolute atomic E-state index is 6.01. The molecule has 2 N–H and O–H groups in total. The molecular weight excluding hydrogens is 232 g/mol. The largest absolute Gasteiger partial charge is 0.375 e. The van der Waals surface area contributed by atoms with Crippen molar-refractivity contribution in [2.24, 2.45) is 5.73 Å². The van der Waals surface area contributed by atoms with E-state index in [9.17, 15) is 0 Å². The Morgan fingerprint density at radius 3 is 1.95 bits per heavy atom. The van der Waals surface area contributed by atoms with Crippen molar-refractivity contribution in [3.8, 4) is 0 Å². The van der Waals surface area contributed by atoms with Crippen molar-refractivity contribution in [2.75, 3.05) is 18.5 Å². The molecule has 0 aliphatic carbocycles. The van der Waals surface area contributed by atoms with E-state index in [2.05, 4.69) is 70.8 Å². The first-order valence-electron chi connectivity index (χ1n) is 7.20. The van der Waals surface area contributed by atoms with Crippen molar-refractivity contribution in [2.45, 2.75) is 58.4 Å². The van der Waals surface area contributed by atoms with E-state index < -0.39 is 0 Å². The normalized spacial score (nSPS) is 12.6. The van der Waals surface area contributed by atoms with Crippen LogP contribution in [0, 0.1) is 0 Å². The molecule has 1 aromatic rings. The van der Waals surface area contributed by atoms with E-state index >= 15 is 0 Å². The molecule has 108 valence electrons. The summed E-state index contributed by atoms with van der Waals surface area (Å²) in [6, 6.07) is 8.90. The van der Waals surface area contributed by atoms with Gasteiger partial charge >= 0.3 is 0 Å². The quantitative estimate of drug-likeness (QED) is 0.871. The average molecular weight is 262 g/mol. The van der Waals surface area contributed by atoms with Crippen LogP contribution in [0.1, 0.15) is 53.0 Å². The topological polar surface area (TPSA) is 29.3 Å². The first-order valence-corrected chi connectivity index (χ1v) is 7.20. The number of hydrogen-bond acceptors (Lipinski definition) is 2. The monoisotopic (exact) mass is 262 g/mol. The minimum absolute atomic E-state index is 0.0586. The van der Waals surface area contributed by atoms with Crippen LogP contribution in [0.2, 0.25) is 0 Å².